The van der Waals surface area contributed by atoms with Gasteiger partial charge in [-0.2, -0.15) is 0 Å². The highest BCUT2D eigenvalue weighted by atomic mass is 16.5. The van der Waals surface area contributed by atoms with Crippen molar-refractivity contribution in [3.05, 3.63) is 35.9 Å². The first-order chi connectivity index (χ1) is 9.20. The topological polar surface area (TPSA) is 49.8 Å². The Balaban J connectivity index is 1.91. The van der Waals surface area contributed by atoms with Gasteiger partial charge in [-0.1, -0.05) is 30.3 Å². The molecule has 0 amide bonds. The Morgan fingerprint density at radius 2 is 2.11 bits per heavy atom. The second-order valence-electron chi connectivity index (χ2n) is 4.89. The number of carbonyl (C=O) groups excluding carboxylic acids is 1. The highest BCUT2D eigenvalue weighted by molar-refractivity contribution is 5.71. The van der Waals surface area contributed by atoms with E-state index in [1.807, 2.05) is 35.2 Å². The van der Waals surface area contributed by atoms with Crippen LogP contribution in [0, 0.1) is 0 Å². The fourth-order valence-corrected chi connectivity index (χ4v) is 2.16. The smallest absolute Gasteiger partial charge is 0.320 e. The molecule has 104 valence electrons. The molecule has 0 aliphatic heterocycles. The van der Waals surface area contributed by atoms with E-state index in [-0.39, 0.29) is 12.5 Å². The Hall–Kier alpha value is -1.39. The predicted octanol–water partition coefficient (Wildman–Crippen LogP) is 1.75. The van der Waals surface area contributed by atoms with E-state index in [0.717, 1.165) is 18.4 Å². The van der Waals surface area contributed by atoms with Crippen molar-refractivity contribution < 1.29 is 14.6 Å². The number of rotatable bonds is 7. The number of aliphatic hydroxyl groups is 1. The molecule has 1 saturated carbocycles. The highest BCUT2D eigenvalue weighted by Gasteiger charge is 2.32. The lowest BCUT2D eigenvalue weighted by molar-refractivity contribution is -0.144. The molecule has 0 bridgehead atoms. The second kappa shape index (κ2) is 6.68. The van der Waals surface area contributed by atoms with E-state index in [0.29, 0.717) is 19.2 Å². The molecule has 1 unspecified atom stereocenters. The number of carbonyl (C=O) groups is 1. The third kappa shape index (κ3) is 4.33. The van der Waals surface area contributed by atoms with E-state index in [9.17, 15) is 9.90 Å². The molecule has 1 aliphatic carbocycles. The number of aliphatic hydroxyl groups excluding tert-OH is 1. The normalized spacial score (nSPS) is 16.4. The lowest BCUT2D eigenvalue weighted by atomic mass is 10.1. The molecule has 1 N–H and O–H groups in total. The summed E-state index contributed by atoms with van der Waals surface area (Å²) in [5.41, 5.74) is 0.886. The summed E-state index contributed by atoms with van der Waals surface area (Å²) in [5.74, 6) is -0.213. The molecule has 0 saturated heterocycles. The molecule has 2 rings (SSSR count). The summed E-state index contributed by atoms with van der Waals surface area (Å²) >= 11 is 0. The Morgan fingerprint density at radius 1 is 1.42 bits per heavy atom. The Kier molecular flexibility index (Phi) is 4.93. The van der Waals surface area contributed by atoms with Gasteiger partial charge in [0.2, 0.25) is 0 Å². The predicted molar refractivity (Wildman–Crippen MR) is 72.6 cm³/mol. The van der Waals surface area contributed by atoms with Crippen LogP contribution in [0.2, 0.25) is 0 Å². The summed E-state index contributed by atoms with van der Waals surface area (Å²) in [5, 5.41) is 10.2. The minimum atomic E-state index is -0.559. The van der Waals surface area contributed by atoms with E-state index < -0.39 is 6.10 Å². The van der Waals surface area contributed by atoms with Gasteiger partial charge in [0.15, 0.2) is 0 Å². The average molecular weight is 263 g/mol. The van der Waals surface area contributed by atoms with Crippen molar-refractivity contribution in [1.82, 2.24) is 4.90 Å². The molecule has 4 nitrogen and oxygen atoms in total. The molecular formula is C15H21NO3. The number of ether oxygens (including phenoxy) is 1. The van der Waals surface area contributed by atoms with Crippen molar-refractivity contribution in [3.63, 3.8) is 0 Å². The number of hydrogen-bond acceptors (Lipinski definition) is 4. The largest absolute Gasteiger partial charge is 0.465 e. The summed E-state index contributed by atoms with van der Waals surface area (Å²) < 4.78 is 4.98. The molecular weight excluding hydrogens is 242 g/mol. The lowest BCUT2D eigenvalue weighted by Crippen LogP contribution is -2.36. The van der Waals surface area contributed by atoms with Crippen LogP contribution in [0.4, 0.5) is 0 Å². The van der Waals surface area contributed by atoms with Crippen molar-refractivity contribution in [2.24, 2.45) is 0 Å². The number of benzene rings is 1. The van der Waals surface area contributed by atoms with Crippen LogP contribution < -0.4 is 0 Å². The summed E-state index contributed by atoms with van der Waals surface area (Å²) in [6.45, 7) is 2.95. The number of esters is 1. The van der Waals surface area contributed by atoms with Crippen LogP contribution in [-0.2, 0) is 9.53 Å². The molecule has 1 aromatic carbocycles. The fraction of sp³-hybridized carbons (Fsp3) is 0.533. The van der Waals surface area contributed by atoms with E-state index in [4.69, 9.17) is 4.74 Å². The molecule has 1 fully saturated rings. The third-order valence-electron chi connectivity index (χ3n) is 3.29. The Morgan fingerprint density at radius 3 is 2.68 bits per heavy atom. The van der Waals surface area contributed by atoms with Gasteiger partial charge in [-0.05, 0) is 25.3 Å². The summed E-state index contributed by atoms with van der Waals surface area (Å²) in [7, 11) is 0. The van der Waals surface area contributed by atoms with E-state index >= 15 is 0 Å². The second-order valence-corrected chi connectivity index (χ2v) is 4.89. The van der Waals surface area contributed by atoms with Crippen LogP contribution in [-0.4, -0.2) is 41.7 Å². The summed E-state index contributed by atoms with van der Waals surface area (Å²) in [4.78, 5) is 13.6. The highest BCUT2D eigenvalue weighted by Crippen LogP contribution is 2.28. The van der Waals surface area contributed by atoms with Gasteiger partial charge in [0.25, 0.3) is 0 Å². The third-order valence-corrected chi connectivity index (χ3v) is 3.29. The van der Waals surface area contributed by atoms with Crippen LogP contribution in [0.3, 0.4) is 0 Å². The van der Waals surface area contributed by atoms with Crippen LogP contribution in [0.5, 0.6) is 0 Å². The molecule has 0 radical (unpaired) electrons. The summed E-state index contributed by atoms with van der Waals surface area (Å²) in [6, 6.07) is 9.97. The van der Waals surface area contributed by atoms with E-state index in [1.165, 1.54) is 0 Å². The van der Waals surface area contributed by atoms with Gasteiger partial charge in [-0.3, -0.25) is 9.69 Å². The molecule has 1 atom stereocenters. The number of hydrogen-bond donors (Lipinski definition) is 1. The van der Waals surface area contributed by atoms with Crippen molar-refractivity contribution in [2.75, 3.05) is 19.7 Å². The molecule has 4 heteroatoms. The molecule has 0 aromatic heterocycles. The first-order valence-corrected chi connectivity index (χ1v) is 6.83. The van der Waals surface area contributed by atoms with Gasteiger partial charge in [0, 0.05) is 12.6 Å². The van der Waals surface area contributed by atoms with Gasteiger partial charge in [-0.25, -0.2) is 0 Å². The molecule has 0 heterocycles. The van der Waals surface area contributed by atoms with Crippen molar-refractivity contribution in [2.45, 2.75) is 31.9 Å². The van der Waals surface area contributed by atoms with Gasteiger partial charge in [0.1, 0.15) is 0 Å². The maximum atomic E-state index is 11.6. The SMILES string of the molecule is CCOC(=O)CN(CC(O)c1ccccc1)C1CC1. The van der Waals surface area contributed by atoms with Gasteiger partial charge in [-0.15, -0.1) is 0 Å². The zero-order valence-electron chi connectivity index (χ0n) is 11.3. The van der Waals surface area contributed by atoms with Crippen molar-refractivity contribution >= 4 is 5.97 Å². The Labute approximate surface area is 114 Å². The van der Waals surface area contributed by atoms with Crippen molar-refractivity contribution in [1.29, 1.82) is 0 Å². The summed E-state index contributed by atoms with van der Waals surface area (Å²) in [6.07, 6.45) is 1.64. The van der Waals surface area contributed by atoms with Gasteiger partial charge >= 0.3 is 5.97 Å². The van der Waals surface area contributed by atoms with Crippen LogP contribution in [0.15, 0.2) is 30.3 Å². The fourth-order valence-electron chi connectivity index (χ4n) is 2.16. The molecule has 0 spiro atoms. The zero-order valence-corrected chi connectivity index (χ0v) is 11.3. The standard InChI is InChI=1S/C15H21NO3/c1-2-19-15(18)11-16(13-8-9-13)10-14(17)12-6-4-3-5-7-12/h3-7,13-14,17H,2,8-11H2,1H3. The average Bonchev–Trinajstić information content (AvgIpc) is 3.23. The zero-order chi connectivity index (χ0) is 13.7. The van der Waals surface area contributed by atoms with Gasteiger partial charge < -0.3 is 9.84 Å². The van der Waals surface area contributed by atoms with Gasteiger partial charge in [0.05, 0.1) is 19.3 Å². The van der Waals surface area contributed by atoms with Crippen LogP contribution in [0.1, 0.15) is 31.4 Å². The van der Waals surface area contributed by atoms with Crippen LogP contribution in [0.25, 0.3) is 0 Å². The van der Waals surface area contributed by atoms with E-state index in [1.54, 1.807) is 6.92 Å². The first kappa shape index (κ1) is 14.0. The maximum Gasteiger partial charge on any atom is 0.320 e. The molecule has 1 aliphatic rings. The number of nitrogens with zero attached hydrogens (tertiary/aromatic N) is 1. The van der Waals surface area contributed by atoms with Crippen LogP contribution >= 0.6 is 0 Å². The molecule has 19 heavy (non-hydrogen) atoms. The van der Waals surface area contributed by atoms with Crippen molar-refractivity contribution in [3.8, 4) is 0 Å². The molecule has 1 aromatic rings. The Bertz CT molecular complexity index is 403. The minimum absolute atomic E-state index is 0.213. The quantitative estimate of drug-likeness (QED) is 0.761. The monoisotopic (exact) mass is 263 g/mol. The lowest BCUT2D eigenvalue weighted by Gasteiger charge is -2.24. The van der Waals surface area contributed by atoms with E-state index in [2.05, 4.69) is 0 Å². The maximum absolute atomic E-state index is 11.6. The first-order valence-electron chi connectivity index (χ1n) is 6.83. The minimum Gasteiger partial charge on any atom is -0.465 e.